The third kappa shape index (κ3) is 2.33. The summed E-state index contributed by atoms with van der Waals surface area (Å²) in [5, 5.41) is 13.9. The van der Waals surface area contributed by atoms with Crippen LogP contribution >= 0.6 is 0 Å². The van der Waals surface area contributed by atoms with Crippen LogP contribution in [0.5, 0.6) is 0 Å². The van der Waals surface area contributed by atoms with Gasteiger partial charge >= 0.3 is 0 Å². The smallest absolute Gasteiger partial charge is 0.114 e. The highest BCUT2D eigenvalue weighted by molar-refractivity contribution is 5.79. The van der Waals surface area contributed by atoms with E-state index in [1.165, 1.54) is 0 Å². The molecule has 3 rings (SSSR count). The Morgan fingerprint density at radius 2 is 1.68 bits per heavy atom. The van der Waals surface area contributed by atoms with Crippen LogP contribution in [-0.2, 0) is 0 Å². The van der Waals surface area contributed by atoms with E-state index in [9.17, 15) is 0 Å². The summed E-state index contributed by atoms with van der Waals surface area (Å²) in [5.74, 6) is 0. The van der Waals surface area contributed by atoms with Crippen molar-refractivity contribution in [2.75, 3.05) is 5.32 Å². The number of anilines is 2. The molecule has 0 saturated heterocycles. The largest absolute Gasteiger partial charge is 0.355 e. The standard InChI is InChI=1S/C15H13N4/c1-11-6-2-4-8-13(11)17-14-9-5-3-7-12(14)15-10-16-19-18-15/h2-10,17H,1H2,(H,16,18,19). The van der Waals surface area contributed by atoms with Gasteiger partial charge in [0, 0.05) is 16.9 Å². The van der Waals surface area contributed by atoms with Crippen LogP contribution in [0.1, 0.15) is 5.56 Å². The van der Waals surface area contributed by atoms with E-state index in [2.05, 4.69) is 27.7 Å². The molecule has 2 aromatic carbocycles. The van der Waals surface area contributed by atoms with E-state index in [-0.39, 0.29) is 0 Å². The van der Waals surface area contributed by atoms with Crippen LogP contribution in [0.4, 0.5) is 11.4 Å². The number of nitrogens with zero attached hydrogens (tertiary/aromatic N) is 2. The predicted octanol–water partition coefficient (Wildman–Crippen LogP) is 3.40. The van der Waals surface area contributed by atoms with Crippen molar-refractivity contribution < 1.29 is 0 Å². The topological polar surface area (TPSA) is 53.6 Å². The third-order valence-electron chi connectivity index (χ3n) is 2.91. The minimum atomic E-state index is 0.810. The van der Waals surface area contributed by atoms with Gasteiger partial charge in [-0.1, -0.05) is 41.6 Å². The molecule has 0 fully saturated rings. The van der Waals surface area contributed by atoms with Crippen LogP contribution in [0.15, 0.2) is 54.7 Å². The lowest BCUT2D eigenvalue weighted by atomic mass is 10.1. The second kappa shape index (κ2) is 4.94. The molecule has 2 N–H and O–H groups in total. The van der Waals surface area contributed by atoms with E-state index in [1.807, 2.05) is 48.5 Å². The molecule has 93 valence electrons. The molecule has 4 heteroatoms. The third-order valence-corrected chi connectivity index (χ3v) is 2.91. The molecule has 1 heterocycles. The van der Waals surface area contributed by atoms with Crippen LogP contribution in [0.2, 0.25) is 0 Å². The summed E-state index contributed by atoms with van der Waals surface area (Å²) in [6, 6.07) is 15.9. The van der Waals surface area contributed by atoms with Crippen LogP contribution in [0.3, 0.4) is 0 Å². The molecule has 3 aromatic rings. The van der Waals surface area contributed by atoms with Gasteiger partial charge in [0.1, 0.15) is 5.69 Å². The fourth-order valence-corrected chi connectivity index (χ4v) is 1.94. The molecule has 1 aromatic heterocycles. The van der Waals surface area contributed by atoms with Crippen LogP contribution < -0.4 is 5.32 Å². The van der Waals surface area contributed by atoms with Crippen molar-refractivity contribution in [3.63, 3.8) is 0 Å². The number of hydrogen-bond acceptors (Lipinski definition) is 3. The van der Waals surface area contributed by atoms with E-state index >= 15 is 0 Å². The van der Waals surface area contributed by atoms with Crippen molar-refractivity contribution in [3.8, 4) is 11.3 Å². The Hall–Kier alpha value is -2.62. The molecule has 0 aliphatic carbocycles. The maximum atomic E-state index is 4.05. The molecule has 4 nitrogen and oxygen atoms in total. The number of nitrogens with one attached hydrogen (secondary N) is 2. The molecule has 0 saturated carbocycles. The first kappa shape index (κ1) is 11.5. The molecule has 0 amide bonds. The first-order valence-corrected chi connectivity index (χ1v) is 5.98. The molecule has 1 radical (unpaired) electrons. The minimum Gasteiger partial charge on any atom is -0.355 e. The van der Waals surface area contributed by atoms with Crippen molar-refractivity contribution in [1.82, 2.24) is 15.4 Å². The second-order valence-electron chi connectivity index (χ2n) is 4.19. The number of rotatable bonds is 3. The molecule has 0 bridgehead atoms. The number of aromatic nitrogens is 3. The van der Waals surface area contributed by atoms with E-state index in [1.54, 1.807) is 6.20 Å². The summed E-state index contributed by atoms with van der Waals surface area (Å²) in [5.41, 5.74) is 4.73. The van der Waals surface area contributed by atoms with Crippen molar-refractivity contribution in [1.29, 1.82) is 0 Å². The number of benzene rings is 2. The van der Waals surface area contributed by atoms with Gasteiger partial charge in [-0.15, -0.1) is 5.10 Å². The Bertz CT molecular complexity index is 674. The highest BCUT2D eigenvalue weighted by atomic mass is 15.3. The Morgan fingerprint density at radius 1 is 0.947 bits per heavy atom. The van der Waals surface area contributed by atoms with Gasteiger partial charge in [0.25, 0.3) is 0 Å². The molecule has 0 unspecified atom stereocenters. The quantitative estimate of drug-likeness (QED) is 0.748. The fourth-order valence-electron chi connectivity index (χ4n) is 1.94. The highest BCUT2D eigenvalue weighted by Crippen LogP contribution is 2.29. The molecular formula is C15H13N4. The zero-order valence-corrected chi connectivity index (χ0v) is 10.3. The normalized spacial score (nSPS) is 10.4. The number of para-hydroxylation sites is 2. The first-order valence-electron chi connectivity index (χ1n) is 5.98. The van der Waals surface area contributed by atoms with Gasteiger partial charge in [-0.2, -0.15) is 0 Å². The zero-order chi connectivity index (χ0) is 13.1. The zero-order valence-electron chi connectivity index (χ0n) is 10.3. The van der Waals surface area contributed by atoms with Crippen molar-refractivity contribution in [2.45, 2.75) is 0 Å². The van der Waals surface area contributed by atoms with Gasteiger partial charge in [-0.05, 0) is 24.6 Å². The summed E-state index contributed by atoms with van der Waals surface area (Å²) in [4.78, 5) is 0. The lowest BCUT2D eigenvalue weighted by molar-refractivity contribution is 0.942. The number of aromatic amines is 1. The van der Waals surface area contributed by atoms with Crippen LogP contribution in [0.25, 0.3) is 11.3 Å². The average Bonchev–Trinajstić information content (AvgIpc) is 2.96. The van der Waals surface area contributed by atoms with E-state index in [0.29, 0.717) is 0 Å². The van der Waals surface area contributed by atoms with E-state index in [0.717, 1.165) is 28.2 Å². The van der Waals surface area contributed by atoms with Crippen molar-refractivity contribution >= 4 is 11.4 Å². The van der Waals surface area contributed by atoms with Crippen molar-refractivity contribution in [2.24, 2.45) is 0 Å². The predicted molar refractivity (Wildman–Crippen MR) is 76.0 cm³/mol. The Labute approximate surface area is 111 Å². The first-order chi connectivity index (χ1) is 9.34. The Kier molecular flexibility index (Phi) is 2.98. The number of H-pyrrole nitrogens is 1. The van der Waals surface area contributed by atoms with Gasteiger partial charge in [0.15, 0.2) is 0 Å². The Balaban J connectivity index is 2.00. The van der Waals surface area contributed by atoms with Crippen molar-refractivity contribution in [3.05, 3.63) is 67.2 Å². The highest BCUT2D eigenvalue weighted by Gasteiger charge is 2.07. The minimum absolute atomic E-state index is 0.810. The fraction of sp³-hybridized carbons (Fsp3) is 0. The van der Waals surface area contributed by atoms with Gasteiger partial charge in [0.2, 0.25) is 0 Å². The Morgan fingerprint density at radius 3 is 2.42 bits per heavy atom. The molecule has 0 spiro atoms. The summed E-state index contributed by atoms with van der Waals surface area (Å²) in [6.45, 7) is 4.01. The maximum absolute atomic E-state index is 4.05. The van der Waals surface area contributed by atoms with Gasteiger partial charge in [-0.3, -0.25) is 5.10 Å². The van der Waals surface area contributed by atoms with E-state index in [4.69, 9.17) is 0 Å². The molecule has 0 atom stereocenters. The van der Waals surface area contributed by atoms with Gasteiger partial charge < -0.3 is 5.32 Å². The second-order valence-corrected chi connectivity index (χ2v) is 4.19. The molecular weight excluding hydrogens is 236 g/mol. The monoisotopic (exact) mass is 249 g/mol. The lowest BCUT2D eigenvalue weighted by Gasteiger charge is -2.12. The van der Waals surface area contributed by atoms with Gasteiger partial charge in [-0.25, -0.2) is 0 Å². The summed E-state index contributed by atoms with van der Waals surface area (Å²) in [7, 11) is 0. The van der Waals surface area contributed by atoms with E-state index < -0.39 is 0 Å². The lowest BCUT2D eigenvalue weighted by Crippen LogP contribution is -1.95. The molecule has 19 heavy (non-hydrogen) atoms. The molecule has 0 aliphatic rings. The maximum Gasteiger partial charge on any atom is 0.114 e. The average molecular weight is 249 g/mol. The summed E-state index contributed by atoms with van der Waals surface area (Å²) >= 11 is 0. The number of hydrogen-bond donors (Lipinski definition) is 2. The summed E-state index contributed by atoms with van der Waals surface area (Å²) in [6.07, 6.45) is 1.77. The van der Waals surface area contributed by atoms with Crippen LogP contribution in [-0.4, -0.2) is 15.4 Å². The van der Waals surface area contributed by atoms with Crippen LogP contribution in [0, 0.1) is 6.92 Å². The SMILES string of the molecule is [CH2]c1ccccc1Nc1ccccc1-c1c[nH]nn1. The summed E-state index contributed by atoms with van der Waals surface area (Å²) < 4.78 is 0. The molecule has 0 aliphatic heterocycles. The van der Waals surface area contributed by atoms with Gasteiger partial charge in [0.05, 0.1) is 6.20 Å².